The molecule has 0 radical (unpaired) electrons. The molecule has 0 aromatic rings. The highest BCUT2D eigenvalue weighted by molar-refractivity contribution is 4.71. The Labute approximate surface area is 163 Å². The lowest BCUT2D eigenvalue weighted by Gasteiger charge is -2.26. The Hall–Kier alpha value is 0. The van der Waals surface area contributed by atoms with Crippen LogP contribution in [0.2, 0.25) is 0 Å². The molecule has 25 heavy (non-hydrogen) atoms. The first-order chi connectivity index (χ1) is 12.1. The van der Waals surface area contributed by atoms with Gasteiger partial charge in [-0.2, -0.15) is 0 Å². The van der Waals surface area contributed by atoms with Crippen molar-refractivity contribution in [1.29, 1.82) is 0 Å². The lowest BCUT2D eigenvalue weighted by molar-refractivity contribution is 0.264. The average molecular weight is 355 g/mol. The molecule has 0 amide bonds. The Balaban J connectivity index is 0. The molecule has 0 N–H and O–H groups in total. The molecule has 0 spiro atoms. The highest BCUT2D eigenvalue weighted by Gasteiger charge is 2.18. The summed E-state index contributed by atoms with van der Waals surface area (Å²) >= 11 is 0. The summed E-state index contributed by atoms with van der Waals surface area (Å²) < 4.78 is 0. The van der Waals surface area contributed by atoms with Crippen LogP contribution in [0.25, 0.3) is 0 Å². The first-order valence-corrected chi connectivity index (χ1v) is 12.1. The standard InChI is InChI=1S/2C10H20.C3H8.C2H6/c2*1-3-9-5-7-10(4-2)8-6-9;1-3-2;1-2/h2*9-10H,3-8H2,1-2H3;3H2,1-2H3;1-2H3. The van der Waals surface area contributed by atoms with Crippen molar-refractivity contribution in [3.05, 3.63) is 0 Å². The van der Waals surface area contributed by atoms with Crippen LogP contribution in [0, 0.1) is 23.7 Å². The summed E-state index contributed by atoms with van der Waals surface area (Å²) in [5.41, 5.74) is 0. The molecule has 0 atom stereocenters. The van der Waals surface area contributed by atoms with E-state index in [9.17, 15) is 0 Å². The fraction of sp³-hybridized carbons (Fsp3) is 1.00. The topological polar surface area (TPSA) is 0 Å². The average Bonchev–Trinajstić information content (AvgIpc) is 2.70. The molecule has 0 aliphatic heterocycles. The van der Waals surface area contributed by atoms with Crippen LogP contribution in [0.15, 0.2) is 0 Å². The third-order valence-electron chi connectivity index (χ3n) is 6.24. The van der Waals surface area contributed by atoms with Crippen LogP contribution in [-0.2, 0) is 0 Å². The van der Waals surface area contributed by atoms with E-state index in [1.54, 1.807) is 0 Å². The predicted octanol–water partition coefficient (Wildman–Crippen LogP) is 9.67. The zero-order chi connectivity index (χ0) is 19.5. The fourth-order valence-corrected chi connectivity index (χ4v) is 4.10. The lowest BCUT2D eigenvalue weighted by atomic mass is 9.80. The molecule has 2 rings (SSSR count). The van der Waals surface area contributed by atoms with Gasteiger partial charge in [0.15, 0.2) is 0 Å². The van der Waals surface area contributed by atoms with Gasteiger partial charge in [-0.1, -0.05) is 139 Å². The van der Waals surface area contributed by atoms with Crippen LogP contribution in [-0.4, -0.2) is 0 Å². The summed E-state index contributed by atoms with van der Waals surface area (Å²) in [5.74, 6) is 4.29. The van der Waals surface area contributed by atoms with E-state index in [0.29, 0.717) is 0 Å². The first kappa shape index (κ1) is 27.2. The lowest BCUT2D eigenvalue weighted by Crippen LogP contribution is -2.12. The van der Waals surface area contributed by atoms with E-state index >= 15 is 0 Å². The second-order valence-corrected chi connectivity index (χ2v) is 8.11. The van der Waals surface area contributed by atoms with Gasteiger partial charge in [-0.05, 0) is 23.7 Å². The van der Waals surface area contributed by atoms with Crippen LogP contribution in [0.4, 0.5) is 0 Å². The molecule has 2 saturated carbocycles. The van der Waals surface area contributed by atoms with Gasteiger partial charge in [0.25, 0.3) is 0 Å². The maximum atomic E-state index is 2.33. The van der Waals surface area contributed by atoms with Gasteiger partial charge in [0.1, 0.15) is 0 Å². The SMILES string of the molecule is CC.CCC.CCC1CCC(CC)CC1.CCC1CCC(CC)CC1. The van der Waals surface area contributed by atoms with Gasteiger partial charge in [0.05, 0.1) is 0 Å². The zero-order valence-corrected chi connectivity index (χ0v) is 19.5. The van der Waals surface area contributed by atoms with Gasteiger partial charge in [-0.15, -0.1) is 0 Å². The third-order valence-corrected chi connectivity index (χ3v) is 6.24. The van der Waals surface area contributed by atoms with Crippen molar-refractivity contribution < 1.29 is 0 Å². The van der Waals surface area contributed by atoms with Crippen LogP contribution in [0.3, 0.4) is 0 Å². The minimum Gasteiger partial charge on any atom is -0.0683 e. The van der Waals surface area contributed by atoms with E-state index in [4.69, 9.17) is 0 Å². The summed E-state index contributed by atoms with van der Waals surface area (Å²) in [6, 6.07) is 0. The minimum atomic E-state index is 1.07. The smallest absolute Gasteiger partial charge is 0.0417 e. The fourth-order valence-electron chi connectivity index (χ4n) is 4.10. The number of hydrogen-bond acceptors (Lipinski definition) is 0. The van der Waals surface area contributed by atoms with E-state index in [0.717, 1.165) is 23.7 Å². The van der Waals surface area contributed by atoms with Gasteiger partial charge >= 0.3 is 0 Å². The Morgan fingerprint density at radius 2 is 0.520 bits per heavy atom. The molecule has 2 aliphatic rings. The van der Waals surface area contributed by atoms with Gasteiger partial charge in [-0.25, -0.2) is 0 Å². The van der Waals surface area contributed by atoms with E-state index in [1.165, 1.54) is 83.5 Å². The maximum absolute atomic E-state index is 2.33. The molecule has 0 heteroatoms. The molecule has 0 unspecified atom stereocenters. The normalized spacial score (nSPS) is 28.3. The van der Waals surface area contributed by atoms with Crippen LogP contribution < -0.4 is 0 Å². The monoisotopic (exact) mass is 354 g/mol. The van der Waals surface area contributed by atoms with Crippen molar-refractivity contribution in [2.45, 2.75) is 139 Å². The van der Waals surface area contributed by atoms with Gasteiger partial charge in [-0.3, -0.25) is 0 Å². The van der Waals surface area contributed by atoms with Gasteiger partial charge in [0, 0.05) is 0 Å². The summed E-state index contributed by atoms with van der Waals surface area (Å²) in [4.78, 5) is 0. The van der Waals surface area contributed by atoms with Crippen molar-refractivity contribution in [2.75, 3.05) is 0 Å². The molecule has 0 heterocycles. The first-order valence-electron chi connectivity index (χ1n) is 12.1. The van der Waals surface area contributed by atoms with E-state index in [1.807, 2.05) is 13.8 Å². The van der Waals surface area contributed by atoms with Crippen molar-refractivity contribution >= 4 is 0 Å². The molecule has 0 bridgehead atoms. The Morgan fingerprint density at radius 3 is 0.600 bits per heavy atom. The van der Waals surface area contributed by atoms with E-state index in [2.05, 4.69) is 41.5 Å². The largest absolute Gasteiger partial charge is 0.0683 e. The molecule has 0 aromatic carbocycles. The summed E-state index contributed by atoms with van der Waals surface area (Å²) in [5, 5.41) is 0. The quantitative estimate of drug-likeness (QED) is 0.471. The second kappa shape index (κ2) is 20.3. The molecular formula is C25H54. The maximum Gasteiger partial charge on any atom is -0.0417 e. The molecule has 2 fully saturated rings. The van der Waals surface area contributed by atoms with Gasteiger partial charge in [0.2, 0.25) is 0 Å². The highest BCUT2D eigenvalue weighted by Crippen LogP contribution is 2.32. The molecular weight excluding hydrogens is 300 g/mol. The summed E-state index contributed by atoms with van der Waals surface area (Å²) in [6.07, 6.45) is 19.0. The zero-order valence-electron chi connectivity index (χ0n) is 19.5. The van der Waals surface area contributed by atoms with Crippen LogP contribution in [0.5, 0.6) is 0 Å². The van der Waals surface area contributed by atoms with Crippen molar-refractivity contribution in [3.8, 4) is 0 Å². The predicted molar refractivity (Wildman–Crippen MR) is 119 cm³/mol. The number of rotatable bonds is 4. The van der Waals surface area contributed by atoms with E-state index < -0.39 is 0 Å². The molecule has 0 saturated heterocycles. The Kier molecular flexibility index (Phi) is 22.1. The van der Waals surface area contributed by atoms with Crippen LogP contribution in [0.1, 0.15) is 139 Å². The molecule has 2 aliphatic carbocycles. The van der Waals surface area contributed by atoms with Crippen molar-refractivity contribution in [2.24, 2.45) is 23.7 Å². The third kappa shape index (κ3) is 14.8. The minimum absolute atomic E-state index is 1.07. The molecule has 154 valence electrons. The van der Waals surface area contributed by atoms with Crippen LogP contribution >= 0.6 is 0 Å². The Bertz CT molecular complexity index is 168. The van der Waals surface area contributed by atoms with Gasteiger partial charge < -0.3 is 0 Å². The Morgan fingerprint density at radius 1 is 0.400 bits per heavy atom. The van der Waals surface area contributed by atoms with Crippen molar-refractivity contribution in [3.63, 3.8) is 0 Å². The molecule has 0 nitrogen and oxygen atoms in total. The summed E-state index contributed by atoms with van der Waals surface area (Å²) in [6.45, 7) is 17.6. The highest BCUT2D eigenvalue weighted by atomic mass is 14.2. The molecule has 0 aromatic heterocycles. The van der Waals surface area contributed by atoms with E-state index in [-0.39, 0.29) is 0 Å². The summed E-state index contributed by atoms with van der Waals surface area (Å²) in [7, 11) is 0. The van der Waals surface area contributed by atoms with Crippen molar-refractivity contribution in [1.82, 2.24) is 0 Å². The number of hydrogen-bond donors (Lipinski definition) is 0. The second-order valence-electron chi connectivity index (χ2n) is 8.11.